The average molecular weight is 481 g/mol. The Balaban J connectivity index is 1.85. The molecular formula is C25H28N4O4S. The summed E-state index contributed by atoms with van der Waals surface area (Å²) in [4.78, 5) is 38.9. The van der Waals surface area contributed by atoms with Gasteiger partial charge in [0.25, 0.3) is 5.91 Å². The lowest BCUT2D eigenvalue weighted by Crippen LogP contribution is -2.48. The minimum atomic E-state index is -1.43. The third-order valence-electron chi connectivity index (χ3n) is 5.59. The summed E-state index contributed by atoms with van der Waals surface area (Å²) in [6.45, 7) is 10.8. The van der Waals surface area contributed by atoms with Gasteiger partial charge in [-0.1, -0.05) is 35.9 Å². The van der Waals surface area contributed by atoms with Crippen molar-refractivity contribution in [2.45, 2.75) is 59.1 Å². The average Bonchev–Trinajstić information content (AvgIpc) is 3.21. The smallest absolute Gasteiger partial charge is 0.271 e. The number of fused-ring (bicyclic) bond motifs is 2. The Bertz CT molecular complexity index is 1230. The third kappa shape index (κ3) is 3.94. The molecule has 0 aliphatic carbocycles. The van der Waals surface area contributed by atoms with Crippen LogP contribution in [0.25, 0.3) is 0 Å². The van der Waals surface area contributed by atoms with Gasteiger partial charge in [-0.25, -0.2) is 0 Å². The zero-order chi connectivity index (χ0) is 24.8. The molecule has 8 nitrogen and oxygen atoms in total. The lowest BCUT2D eigenvalue weighted by molar-refractivity contribution is -0.139. The molecule has 178 valence electrons. The molecule has 34 heavy (non-hydrogen) atoms. The molecule has 2 aromatic carbocycles. The Morgan fingerprint density at radius 2 is 1.88 bits per heavy atom. The van der Waals surface area contributed by atoms with E-state index in [-0.39, 0.29) is 29.6 Å². The summed E-state index contributed by atoms with van der Waals surface area (Å²) in [5.41, 5.74) is 4.16. The van der Waals surface area contributed by atoms with Crippen LogP contribution in [0.2, 0.25) is 0 Å². The number of carbonyl (C=O) groups is 3. The molecule has 3 amide bonds. The van der Waals surface area contributed by atoms with E-state index in [0.29, 0.717) is 11.3 Å². The van der Waals surface area contributed by atoms with E-state index in [1.54, 1.807) is 4.90 Å². The van der Waals surface area contributed by atoms with Crippen LogP contribution in [0, 0.1) is 13.8 Å². The molecule has 1 unspecified atom stereocenters. The Morgan fingerprint density at radius 1 is 1.18 bits per heavy atom. The third-order valence-corrected chi connectivity index (χ3v) is 6.83. The summed E-state index contributed by atoms with van der Waals surface area (Å²) < 4.78 is 5.99. The van der Waals surface area contributed by atoms with E-state index in [4.69, 9.17) is 4.74 Å². The van der Waals surface area contributed by atoms with Crippen LogP contribution in [-0.2, 0) is 25.8 Å². The number of aryl methyl sites for hydroxylation is 2. The van der Waals surface area contributed by atoms with E-state index >= 15 is 0 Å². The number of anilines is 1. The molecule has 0 fully saturated rings. The van der Waals surface area contributed by atoms with Gasteiger partial charge in [0.2, 0.25) is 16.7 Å². The van der Waals surface area contributed by atoms with Crippen molar-refractivity contribution in [2.75, 3.05) is 4.90 Å². The molecule has 2 aromatic rings. The predicted octanol–water partition coefficient (Wildman–Crippen LogP) is 3.79. The normalized spacial score (nSPS) is 19.0. The van der Waals surface area contributed by atoms with Gasteiger partial charge in [-0.3, -0.25) is 14.4 Å². The van der Waals surface area contributed by atoms with Gasteiger partial charge in [-0.15, -0.1) is 5.10 Å². The van der Waals surface area contributed by atoms with Crippen molar-refractivity contribution in [3.05, 3.63) is 58.7 Å². The topological polar surface area (TPSA) is 91.3 Å². The number of hydrazone groups is 1. The first-order valence-corrected chi connectivity index (χ1v) is 11.9. The number of nitrogens with one attached hydrogen (secondary N) is 1. The van der Waals surface area contributed by atoms with Crippen LogP contribution < -0.4 is 15.0 Å². The lowest BCUT2D eigenvalue weighted by atomic mass is 10.0. The largest absolute Gasteiger partial charge is 0.491 e. The van der Waals surface area contributed by atoms with Crippen molar-refractivity contribution >= 4 is 40.3 Å². The molecule has 4 rings (SSSR count). The maximum atomic E-state index is 14.2. The van der Waals surface area contributed by atoms with Gasteiger partial charge in [0.15, 0.2) is 5.17 Å². The number of amides is 3. The van der Waals surface area contributed by atoms with Crippen LogP contribution in [0.3, 0.4) is 0 Å². The van der Waals surface area contributed by atoms with Gasteiger partial charge < -0.3 is 15.0 Å². The molecule has 0 saturated heterocycles. The van der Waals surface area contributed by atoms with E-state index < -0.39 is 10.8 Å². The van der Waals surface area contributed by atoms with E-state index in [1.165, 1.54) is 18.9 Å². The highest BCUT2D eigenvalue weighted by atomic mass is 32.2. The fraction of sp³-hybridized carbons (Fsp3) is 0.360. The summed E-state index contributed by atoms with van der Waals surface area (Å²) in [6, 6.07) is 11.6. The zero-order valence-electron chi connectivity index (χ0n) is 20.1. The highest BCUT2D eigenvalue weighted by molar-refractivity contribution is 8.15. The molecule has 1 N–H and O–H groups in total. The molecule has 9 heteroatoms. The molecule has 0 saturated carbocycles. The van der Waals surface area contributed by atoms with Gasteiger partial charge in [-0.2, -0.15) is 5.01 Å². The van der Waals surface area contributed by atoms with Crippen LogP contribution in [-0.4, -0.2) is 34.0 Å². The maximum absolute atomic E-state index is 14.2. The number of para-hydroxylation sites is 1. The summed E-state index contributed by atoms with van der Waals surface area (Å²) in [7, 11) is 0. The minimum Gasteiger partial charge on any atom is -0.491 e. The fourth-order valence-corrected chi connectivity index (χ4v) is 5.78. The molecular weight excluding hydrogens is 452 g/mol. The molecule has 1 spiro atoms. The van der Waals surface area contributed by atoms with Crippen molar-refractivity contribution in [2.24, 2.45) is 5.10 Å². The molecule has 2 aliphatic heterocycles. The summed E-state index contributed by atoms with van der Waals surface area (Å²) in [5, 5.41) is 8.38. The molecule has 0 aromatic heterocycles. The Kier molecular flexibility index (Phi) is 6.16. The van der Waals surface area contributed by atoms with E-state index in [1.807, 2.05) is 64.1 Å². The van der Waals surface area contributed by atoms with Crippen molar-refractivity contribution in [3.8, 4) is 5.75 Å². The van der Waals surface area contributed by atoms with E-state index in [0.717, 1.165) is 34.1 Å². The van der Waals surface area contributed by atoms with Crippen molar-refractivity contribution in [1.29, 1.82) is 0 Å². The number of benzene rings is 2. The lowest BCUT2D eigenvalue weighted by Gasteiger charge is -2.29. The van der Waals surface area contributed by atoms with Crippen molar-refractivity contribution in [1.82, 2.24) is 10.3 Å². The number of hydrogen-bond acceptors (Lipinski definition) is 6. The summed E-state index contributed by atoms with van der Waals surface area (Å²) in [6.07, 6.45) is -0.0225. The predicted molar refractivity (Wildman–Crippen MR) is 132 cm³/mol. The number of amidine groups is 1. The first-order chi connectivity index (χ1) is 16.0. The number of ether oxygens (including phenoxy) is 1. The number of nitrogens with zero attached hydrogens (tertiary/aromatic N) is 3. The van der Waals surface area contributed by atoms with Crippen molar-refractivity contribution in [3.63, 3.8) is 0 Å². The first-order valence-electron chi connectivity index (χ1n) is 11.1. The van der Waals surface area contributed by atoms with Crippen LogP contribution >= 0.6 is 11.8 Å². The Morgan fingerprint density at radius 3 is 2.53 bits per heavy atom. The Hall–Kier alpha value is -3.33. The molecule has 1 atom stereocenters. The number of hydrogen-bond donors (Lipinski definition) is 1. The van der Waals surface area contributed by atoms with Gasteiger partial charge in [0.05, 0.1) is 18.3 Å². The van der Waals surface area contributed by atoms with Crippen LogP contribution in [0.5, 0.6) is 5.75 Å². The summed E-state index contributed by atoms with van der Waals surface area (Å²) >= 11 is 1.08. The second-order valence-corrected chi connectivity index (χ2v) is 9.99. The van der Waals surface area contributed by atoms with Gasteiger partial charge in [0, 0.05) is 25.0 Å². The van der Waals surface area contributed by atoms with Crippen LogP contribution in [0.15, 0.2) is 41.5 Å². The van der Waals surface area contributed by atoms with Crippen LogP contribution in [0.1, 0.15) is 49.9 Å². The second kappa shape index (κ2) is 8.79. The number of carbonyl (C=O) groups excluding carboxylic acids is 3. The molecule has 0 bridgehead atoms. The van der Waals surface area contributed by atoms with E-state index in [2.05, 4.69) is 10.4 Å². The van der Waals surface area contributed by atoms with Crippen molar-refractivity contribution < 1.29 is 19.1 Å². The van der Waals surface area contributed by atoms with Gasteiger partial charge in [-0.05, 0) is 51.1 Å². The highest BCUT2D eigenvalue weighted by Gasteiger charge is 2.61. The number of rotatable bonds is 4. The zero-order valence-corrected chi connectivity index (χ0v) is 20.9. The molecule has 2 heterocycles. The highest BCUT2D eigenvalue weighted by Crippen LogP contribution is 2.56. The molecule has 2 aliphatic rings. The summed E-state index contributed by atoms with van der Waals surface area (Å²) in [5.74, 6) is -0.304. The van der Waals surface area contributed by atoms with Gasteiger partial charge >= 0.3 is 0 Å². The SMILES string of the molecule is CC(=O)NC1=NN(C(C)=O)C2(S1)C(=O)N(Cc1ccccc1OC(C)C)c1c(C)cc(C)cc12. The standard InChI is InChI=1S/C25H28N4O4S/c1-14(2)33-21-10-8-7-9-19(21)13-28-22-16(4)11-15(3)12-20(22)25(23(28)32)29(18(6)31)27-24(34-25)26-17(5)30/h7-12,14H,13H2,1-6H3,(H,26,27,30). The van der Waals surface area contributed by atoms with Gasteiger partial charge in [0.1, 0.15) is 5.75 Å². The quantitative estimate of drug-likeness (QED) is 0.719. The fourth-order valence-electron chi connectivity index (χ4n) is 4.46. The van der Waals surface area contributed by atoms with E-state index in [9.17, 15) is 14.4 Å². The maximum Gasteiger partial charge on any atom is 0.271 e. The van der Waals surface area contributed by atoms with Crippen LogP contribution in [0.4, 0.5) is 5.69 Å². The second-order valence-electron chi connectivity index (χ2n) is 8.81. The number of thioether (sulfide) groups is 1. The first kappa shape index (κ1) is 23.8. The minimum absolute atomic E-state index is 0.0225. The molecule has 0 radical (unpaired) electrons. The monoisotopic (exact) mass is 480 g/mol. The Labute approximate surface area is 203 Å².